The highest BCUT2D eigenvalue weighted by Gasteiger charge is 2.30. The molecule has 0 aliphatic carbocycles. The summed E-state index contributed by atoms with van der Waals surface area (Å²) in [7, 11) is 2.99. The van der Waals surface area contributed by atoms with Crippen LogP contribution in [0.15, 0.2) is 65.0 Å². The van der Waals surface area contributed by atoms with E-state index in [1.807, 2.05) is 6.07 Å². The molecule has 0 atom stereocenters. The van der Waals surface area contributed by atoms with Gasteiger partial charge in [-0.25, -0.2) is 9.79 Å². The summed E-state index contributed by atoms with van der Waals surface area (Å²) in [5.41, 5.74) is 1.83. The molecule has 8 heteroatoms. The topological polar surface area (TPSA) is 68.2 Å². The van der Waals surface area contributed by atoms with Gasteiger partial charge in [0.1, 0.15) is 12.4 Å². The molecule has 0 N–H and O–H groups in total. The first-order valence-corrected chi connectivity index (χ1v) is 10.1. The molecule has 1 heterocycles. The van der Waals surface area contributed by atoms with Crippen molar-refractivity contribution < 1.29 is 19.1 Å². The number of aliphatic imine (C=N–C) groups is 1. The minimum Gasteiger partial charge on any atom is -0.488 e. The number of ether oxygens (including phenoxy) is 2. The van der Waals surface area contributed by atoms with Gasteiger partial charge >= 0.3 is 5.97 Å². The van der Waals surface area contributed by atoms with Crippen molar-refractivity contribution in [3.05, 3.63) is 76.2 Å². The summed E-state index contributed by atoms with van der Waals surface area (Å²) >= 11 is 7.51. The van der Waals surface area contributed by atoms with Crippen molar-refractivity contribution in [2.24, 2.45) is 4.99 Å². The number of halogens is 1. The lowest BCUT2D eigenvalue weighted by Crippen LogP contribution is -2.23. The molecule has 3 rings (SSSR count). The van der Waals surface area contributed by atoms with E-state index in [9.17, 15) is 9.59 Å². The van der Waals surface area contributed by atoms with Crippen LogP contribution < -0.4 is 4.74 Å². The van der Waals surface area contributed by atoms with E-state index in [-0.39, 0.29) is 5.91 Å². The third kappa shape index (κ3) is 4.93. The molecule has 1 amide bonds. The molecule has 0 saturated carbocycles. The fourth-order valence-electron chi connectivity index (χ4n) is 2.58. The quantitative estimate of drug-likeness (QED) is 0.360. The Kier molecular flexibility index (Phi) is 6.97. The monoisotopic (exact) mass is 442 g/mol. The van der Waals surface area contributed by atoms with E-state index >= 15 is 0 Å². The molecule has 0 unspecified atom stereocenters. The number of hydrogen-bond donors (Lipinski definition) is 0. The second-order valence-corrected chi connectivity index (χ2v) is 7.61. The first-order chi connectivity index (χ1) is 14.4. The molecule has 2 aromatic carbocycles. The number of benzene rings is 2. The van der Waals surface area contributed by atoms with Crippen molar-refractivity contribution in [3.63, 3.8) is 0 Å². The van der Waals surface area contributed by atoms with E-state index in [4.69, 9.17) is 16.3 Å². The molecule has 30 heavy (non-hydrogen) atoms. The zero-order valence-electron chi connectivity index (χ0n) is 16.4. The molecule has 1 aliphatic rings. The van der Waals surface area contributed by atoms with E-state index in [0.717, 1.165) is 5.56 Å². The highest BCUT2D eigenvalue weighted by Crippen LogP contribution is 2.34. The normalized spacial score (nSPS) is 16.2. The first-order valence-electron chi connectivity index (χ1n) is 8.91. The molecule has 2 aromatic rings. The third-order valence-electron chi connectivity index (χ3n) is 4.13. The number of thioether (sulfide) groups is 1. The minimum atomic E-state index is -0.415. The predicted molar refractivity (Wildman–Crippen MR) is 120 cm³/mol. The standard InChI is InChI=1S/C22H19ClN2O4S/c1-4-11-29-18-10-5-14(12-17(18)23)13-19-20(26)25(2)22(30-19)24-16-8-6-15(7-9-16)21(27)28-3/h4-10,12-13H,1,11H2,2-3H3. The van der Waals surface area contributed by atoms with Gasteiger partial charge in [-0.1, -0.05) is 30.3 Å². The Morgan fingerprint density at radius 3 is 2.63 bits per heavy atom. The van der Waals surface area contributed by atoms with Crippen LogP contribution in [0.1, 0.15) is 15.9 Å². The molecule has 6 nitrogen and oxygen atoms in total. The van der Waals surface area contributed by atoms with Crippen LogP contribution in [0.5, 0.6) is 5.75 Å². The average Bonchev–Trinajstić information content (AvgIpc) is 3.01. The predicted octanol–water partition coefficient (Wildman–Crippen LogP) is 4.93. The smallest absolute Gasteiger partial charge is 0.337 e. The SMILES string of the molecule is C=CCOc1ccc(C=C2SC(=Nc3ccc(C(=O)OC)cc3)N(C)C2=O)cc1Cl. The number of carbonyl (C=O) groups excluding carboxylic acids is 2. The van der Waals surface area contributed by atoms with Gasteiger partial charge in [-0.2, -0.15) is 0 Å². The molecule has 1 saturated heterocycles. The van der Waals surface area contributed by atoms with Gasteiger partial charge in [-0.05, 0) is 59.8 Å². The minimum absolute atomic E-state index is 0.159. The van der Waals surface area contributed by atoms with Crippen LogP contribution in [-0.2, 0) is 9.53 Å². The van der Waals surface area contributed by atoms with Crippen molar-refractivity contribution >= 4 is 52.2 Å². The number of carbonyl (C=O) groups is 2. The summed E-state index contributed by atoms with van der Waals surface area (Å²) in [4.78, 5) is 30.7. The Bertz CT molecular complexity index is 1050. The van der Waals surface area contributed by atoms with Gasteiger partial charge in [0, 0.05) is 7.05 Å². The molecule has 1 aliphatic heterocycles. The van der Waals surface area contributed by atoms with Crippen molar-refractivity contribution in [2.45, 2.75) is 0 Å². The molecule has 154 valence electrons. The van der Waals surface area contributed by atoms with Crippen LogP contribution in [-0.4, -0.2) is 42.7 Å². The number of methoxy groups -OCH3 is 1. The highest BCUT2D eigenvalue weighted by atomic mass is 35.5. The van der Waals surface area contributed by atoms with Gasteiger partial charge in [0.25, 0.3) is 5.91 Å². The fourth-order valence-corrected chi connectivity index (χ4v) is 3.81. The van der Waals surface area contributed by atoms with Crippen LogP contribution in [0.3, 0.4) is 0 Å². The summed E-state index contributed by atoms with van der Waals surface area (Å²) in [6.07, 6.45) is 3.40. The maximum atomic E-state index is 12.6. The van der Waals surface area contributed by atoms with Crippen LogP contribution >= 0.6 is 23.4 Å². The first kappa shape index (κ1) is 21.7. The summed E-state index contributed by atoms with van der Waals surface area (Å²) in [5.74, 6) is -0.0199. The number of nitrogens with zero attached hydrogens (tertiary/aromatic N) is 2. The summed E-state index contributed by atoms with van der Waals surface area (Å²) < 4.78 is 10.1. The second kappa shape index (κ2) is 9.65. The van der Waals surface area contributed by atoms with E-state index in [1.165, 1.54) is 23.8 Å². The van der Waals surface area contributed by atoms with E-state index in [1.54, 1.807) is 55.6 Å². The number of esters is 1. The van der Waals surface area contributed by atoms with Crippen molar-refractivity contribution in [1.29, 1.82) is 0 Å². The van der Waals surface area contributed by atoms with Crippen LogP contribution in [0.4, 0.5) is 5.69 Å². The van der Waals surface area contributed by atoms with Gasteiger partial charge < -0.3 is 9.47 Å². The molecule has 1 fully saturated rings. The summed E-state index contributed by atoms with van der Waals surface area (Å²) in [6.45, 7) is 3.97. The number of amides is 1. The van der Waals surface area contributed by atoms with Gasteiger partial charge in [-0.3, -0.25) is 9.69 Å². The van der Waals surface area contributed by atoms with E-state index < -0.39 is 5.97 Å². The lowest BCUT2D eigenvalue weighted by atomic mass is 10.2. The zero-order chi connectivity index (χ0) is 21.7. The largest absolute Gasteiger partial charge is 0.488 e. The number of amidine groups is 1. The molecule has 0 bridgehead atoms. The number of rotatable bonds is 6. The van der Waals surface area contributed by atoms with Gasteiger partial charge in [0.15, 0.2) is 5.17 Å². The van der Waals surface area contributed by atoms with Crippen LogP contribution in [0.25, 0.3) is 6.08 Å². The van der Waals surface area contributed by atoms with Gasteiger partial charge in [0.05, 0.1) is 28.3 Å². The Morgan fingerprint density at radius 2 is 2.00 bits per heavy atom. The Labute approximate surface area is 183 Å². The average molecular weight is 443 g/mol. The Balaban J connectivity index is 1.80. The summed E-state index contributed by atoms with van der Waals surface area (Å²) in [5, 5.41) is 0.990. The number of likely N-dealkylation sites (N-methyl/N-ethyl adjacent to an activating group) is 1. The fraction of sp³-hybridized carbons (Fsp3) is 0.136. The third-order valence-corrected chi connectivity index (χ3v) is 5.48. The van der Waals surface area contributed by atoms with Crippen LogP contribution in [0, 0.1) is 0 Å². The maximum Gasteiger partial charge on any atom is 0.337 e. The molecule has 0 spiro atoms. The van der Waals surface area contributed by atoms with Crippen molar-refractivity contribution in [1.82, 2.24) is 4.90 Å². The Morgan fingerprint density at radius 1 is 1.27 bits per heavy atom. The molecular weight excluding hydrogens is 424 g/mol. The molecular formula is C22H19ClN2O4S. The van der Waals surface area contributed by atoms with Crippen molar-refractivity contribution in [2.75, 3.05) is 20.8 Å². The highest BCUT2D eigenvalue weighted by molar-refractivity contribution is 8.18. The van der Waals surface area contributed by atoms with Crippen molar-refractivity contribution in [3.8, 4) is 5.75 Å². The van der Waals surface area contributed by atoms with E-state index in [0.29, 0.717) is 38.7 Å². The van der Waals surface area contributed by atoms with Gasteiger partial charge in [-0.15, -0.1) is 0 Å². The molecule has 0 radical (unpaired) electrons. The number of hydrogen-bond acceptors (Lipinski definition) is 6. The summed E-state index contributed by atoms with van der Waals surface area (Å²) in [6, 6.07) is 12.0. The lowest BCUT2D eigenvalue weighted by molar-refractivity contribution is -0.121. The maximum absolute atomic E-state index is 12.6. The van der Waals surface area contributed by atoms with Gasteiger partial charge in [0.2, 0.25) is 0 Å². The molecule has 0 aromatic heterocycles. The van der Waals surface area contributed by atoms with Crippen LogP contribution in [0.2, 0.25) is 5.02 Å². The Hall–Kier alpha value is -3.03. The van der Waals surface area contributed by atoms with E-state index in [2.05, 4.69) is 16.3 Å². The lowest BCUT2D eigenvalue weighted by Gasteiger charge is -2.07. The second-order valence-electron chi connectivity index (χ2n) is 6.20. The zero-order valence-corrected chi connectivity index (χ0v) is 18.0.